The van der Waals surface area contributed by atoms with Crippen LogP contribution >= 0.6 is 0 Å². The highest BCUT2D eigenvalue weighted by Crippen LogP contribution is 2.09. The van der Waals surface area contributed by atoms with E-state index in [0.29, 0.717) is 18.0 Å². The molecule has 0 atom stereocenters. The van der Waals surface area contributed by atoms with Gasteiger partial charge in [-0.1, -0.05) is 36.4 Å². The standard InChI is InChI=1S/C20H27N3O3S/c24-27(25,20-9-5-2-6-10-20)21-11-12-22-13-15-23(16-14-22)17-18-26-19-7-3-1-4-8-19/h1-10,21H,11-18H2. The first-order valence-electron chi connectivity index (χ1n) is 9.31. The number of ether oxygens (including phenoxy) is 1. The Hall–Kier alpha value is -1.93. The summed E-state index contributed by atoms with van der Waals surface area (Å²) in [6.07, 6.45) is 0. The highest BCUT2D eigenvalue weighted by molar-refractivity contribution is 7.89. The van der Waals surface area contributed by atoms with Gasteiger partial charge in [-0.3, -0.25) is 9.80 Å². The summed E-state index contributed by atoms with van der Waals surface area (Å²) in [7, 11) is -3.41. The van der Waals surface area contributed by atoms with Crippen molar-refractivity contribution in [3.05, 3.63) is 60.7 Å². The predicted octanol–water partition coefficient (Wildman–Crippen LogP) is 1.66. The first kappa shape index (κ1) is 19.8. The lowest BCUT2D eigenvalue weighted by atomic mass is 10.3. The van der Waals surface area contributed by atoms with Crippen molar-refractivity contribution in [2.45, 2.75) is 4.90 Å². The fourth-order valence-electron chi connectivity index (χ4n) is 3.07. The summed E-state index contributed by atoms with van der Waals surface area (Å²) in [5.74, 6) is 0.904. The predicted molar refractivity (Wildman–Crippen MR) is 106 cm³/mol. The highest BCUT2D eigenvalue weighted by Gasteiger charge is 2.18. The van der Waals surface area contributed by atoms with E-state index in [4.69, 9.17) is 4.74 Å². The molecule has 2 aromatic carbocycles. The van der Waals surface area contributed by atoms with Gasteiger partial charge in [0.05, 0.1) is 4.90 Å². The quantitative estimate of drug-likeness (QED) is 0.707. The van der Waals surface area contributed by atoms with Crippen LogP contribution in [0, 0.1) is 0 Å². The molecule has 1 N–H and O–H groups in total. The number of nitrogens with one attached hydrogen (secondary N) is 1. The third-order valence-electron chi connectivity index (χ3n) is 4.66. The van der Waals surface area contributed by atoms with E-state index in [-0.39, 0.29) is 0 Å². The Morgan fingerprint density at radius 1 is 0.815 bits per heavy atom. The smallest absolute Gasteiger partial charge is 0.240 e. The summed E-state index contributed by atoms with van der Waals surface area (Å²) in [4.78, 5) is 4.99. The topological polar surface area (TPSA) is 61.9 Å². The first-order chi connectivity index (χ1) is 13.1. The zero-order valence-corrected chi connectivity index (χ0v) is 16.3. The van der Waals surface area contributed by atoms with Crippen LogP contribution in [0.4, 0.5) is 0 Å². The van der Waals surface area contributed by atoms with Gasteiger partial charge >= 0.3 is 0 Å². The van der Waals surface area contributed by atoms with E-state index in [2.05, 4.69) is 14.5 Å². The molecule has 1 saturated heterocycles. The van der Waals surface area contributed by atoms with Crippen molar-refractivity contribution in [1.29, 1.82) is 0 Å². The van der Waals surface area contributed by atoms with Crippen LogP contribution in [0.5, 0.6) is 5.75 Å². The number of piperazine rings is 1. The summed E-state index contributed by atoms with van der Waals surface area (Å²) >= 11 is 0. The maximum Gasteiger partial charge on any atom is 0.240 e. The van der Waals surface area contributed by atoms with E-state index in [0.717, 1.165) is 45.0 Å². The average molecular weight is 390 g/mol. The van der Waals surface area contributed by atoms with Gasteiger partial charge < -0.3 is 4.74 Å². The summed E-state index contributed by atoms with van der Waals surface area (Å²) in [5.41, 5.74) is 0. The molecule has 7 heteroatoms. The van der Waals surface area contributed by atoms with Gasteiger partial charge in [0, 0.05) is 45.8 Å². The molecule has 3 rings (SSSR count). The largest absolute Gasteiger partial charge is 0.492 e. The summed E-state index contributed by atoms with van der Waals surface area (Å²) in [5, 5.41) is 0. The van der Waals surface area contributed by atoms with Crippen LogP contribution in [0.25, 0.3) is 0 Å². The fraction of sp³-hybridized carbons (Fsp3) is 0.400. The van der Waals surface area contributed by atoms with Gasteiger partial charge in [-0.15, -0.1) is 0 Å². The maximum atomic E-state index is 12.2. The molecule has 0 aromatic heterocycles. The van der Waals surface area contributed by atoms with Crippen LogP contribution in [-0.2, 0) is 10.0 Å². The van der Waals surface area contributed by atoms with Crippen LogP contribution in [0.1, 0.15) is 0 Å². The van der Waals surface area contributed by atoms with E-state index in [1.807, 2.05) is 36.4 Å². The average Bonchev–Trinajstić information content (AvgIpc) is 2.71. The molecule has 1 heterocycles. The molecule has 0 spiro atoms. The summed E-state index contributed by atoms with van der Waals surface area (Å²) in [6, 6.07) is 18.3. The van der Waals surface area contributed by atoms with Crippen LogP contribution in [0.15, 0.2) is 65.6 Å². The van der Waals surface area contributed by atoms with Crippen molar-refractivity contribution in [3.8, 4) is 5.75 Å². The monoisotopic (exact) mass is 389 g/mol. The zero-order valence-electron chi connectivity index (χ0n) is 15.5. The molecular weight excluding hydrogens is 362 g/mol. The van der Waals surface area contributed by atoms with Gasteiger partial charge in [-0.25, -0.2) is 13.1 Å². The maximum absolute atomic E-state index is 12.2. The highest BCUT2D eigenvalue weighted by atomic mass is 32.2. The van der Waals surface area contributed by atoms with E-state index in [1.54, 1.807) is 24.3 Å². The number of hydrogen-bond donors (Lipinski definition) is 1. The van der Waals surface area contributed by atoms with Gasteiger partial charge in [-0.2, -0.15) is 0 Å². The van der Waals surface area contributed by atoms with E-state index >= 15 is 0 Å². The second kappa shape index (κ2) is 9.85. The van der Waals surface area contributed by atoms with Gasteiger partial charge in [0.2, 0.25) is 10.0 Å². The van der Waals surface area contributed by atoms with Gasteiger partial charge in [0.25, 0.3) is 0 Å². The van der Waals surface area contributed by atoms with E-state index < -0.39 is 10.0 Å². The summed E-state index contributed by atoms with van der Waals surface area (Å²) in [6.45, 7) is 6.57. The molecule has 27 heavy (non-hydrogen) atoms. The Morgan fingerprint density at radius 3 is 2.00 bits per heavy atom. The lowest BCUT2D eigenvalue weighted by Crippen LogP contribution is -2.49. The minimum absolute atomic E-state index is 0.313. The molecule has 2 aromatic rings. The Morgan fingerprint density at radius 2 is 1.37 bits per heavy atom. The molecule has 0 bridgehead atoms. The van der Waals surface area contributed by atoms with Crippen LogP contribution < -0.4 is 9.46 Å². The molecule has 6 nitrogen and oxygen atoms in total. The van der Waals surface area contributed by atoms with Crippen molar-refractivity contribution >= 4 is 10.0 Å². The lowest BCUT2D eigenvalue weighted by Gasteiger charge is -2.34. The van der Waals surface area contributed by atoms with Crippen molar-refractivity contribution in [2.75, 3.05) is 52.4 Å². The molecule has 146 valence electrons. The van der Waals surface area contributed by atoms with Crippen LogP contribution in [0.3, 0.4) is 0 Å². The first-order valence-corrected chi connectivity index (χ1v) is 10.8. The Bertz CT molecular complexity index is 777. The van der Waals surface area contributed by atoms with Crippen LogP contribution in [0.2, 0.25) is 0 Å². The van der Waals surface area contributed by atoms with E-state index in [1.165, 1.54) is 0 Å². The number of rotatable bonds is 9. The molecule has 0 unspecified atom stereocenters. The van der Waals surface area contributed by atoms with Crippen molar-refractivity contribution in [2.24, 2.45) is 0 Å². The Balaban J connectivity index is 1.31. The van der Waals surface area contributed by atoms with Crippen LogP contribution in [-0.4, -0.2) is 70.6 Å². The number of nitrogens with zero attached hydrogens (tertiary/aromatic N) is 2. The molecule has 1 aliphatic heterocycles. The van der Waals surface area contributed by atoms with Crippen molar-refractivity contribution in [3.63, 3.8) is 0 Å². The molecule has 0 aliphatic carbocycles. The second-order valence-corrected chi connectivity index (χ2v) is 8.32. The third-order valence-corrected chi connectivity index (χ3v) is 6.13. The van der Waals surface area contributed by atoms with Crippen molar-refractivity contribution in [1.82, 2.24) is 14.5 Å². The Kier molecular flexibility index (Phi) is 7.23. The number of benzene rings is 2. The number of para-hydroxylation sites is 1. The van der Waals surface area contributed by atoms with Crippen molar-refractivity contribution < 1.29 is 13.2 Å². The summed E-state index contributed by atoms with van der Waals surface area (Å²) < 4.78 is 32.8. The molecule has 1 fully saturated rings. The second-order valence-electron chi connectivity index (χ2n) is 6.56. The molecule has 0 radical (unpaired) electrons. The number of sulfonamides is 1. The minimum atomic E-state index is -3.41. The Labute approximate surface area is 161 Å². The fourth-order valence-corrected chi connectivity index (χ4v) is 4.11. The molecular formula is C20H27N3O3S. The van der Waals surface area contributed by atoms with Gasteiger partial charge in [0.1, 0.15) is 12.4 Å². The molecule has 0 saturated carbocycles. The lowest BCUT2D eigenvalue weighted by molar-refractivity contribution is 0.118. The van der Waals surface area contributed by atoms with Gasteiger partial charge in [0.15, 0.2) is 0 Å². The normalized spacial score (nSPS) is 16.3. The molecule has 1 aliphatic rings. The SMILES string of the molecule is O=S(=O)(NCCN1CCN(CCOc2ccccc2)CC1)c1ccccc1. The molecule has 0 amide bonds. The third kappa shape index (κ3) is 6.32. The zero-order chi connectivity index (χ0) is 19.0. The minimum Gasteiger partial charge on any atom is -0.492 e. The number of hydrogen-bond acceptors (Lipinski definition) is 5. The van der Waals surface area contributed by atoms with Gasteiger partial charge in [-0.05, 0) is 24.3 Å². The van der Waals surface area contributed by atoms with E-state index in [9.17, 15) is 8.42 Å².